The Morgan fingerprint density at radius 1 is 1.30 bits per heavy atom. The van der Waals surface area contributed by atoms with Gasteiger partial charge in [-0.2, -0.15) is 13.2 Å². The lowest BCUT2D eigenvalue weighted by Gasteiger charge is -2.55. The van der Waals surface area contributed by atoms with E-state index in [0.717, 1.165) is 31.0 Å². The Hall–Kier alpha value is -1.03. The zero-order valence-corrected chi connectivity index (χ0v) is 12.2. The molecule has 0 radical (unpaired) electrons. The summed E-state index contributed by atoms with van der Waals surface area (Å²) < 4.78 is 38.4. The number of hydrogen-bond donors (Lipinski definition) is 1. The van der Waals surface area contributed by atoms with Crippen molar-refractivity contribution in [2.75, 3.05) is 6.54 Å². The lowest BCUT2D eigenvalue weighted by molar-refractivity contribution is -0.137. The molecule has 0 aromatic heterocycles. The van der Waals surface area contributed by atoms with Gasteiger partial charge in [0.2, 0.25) is 0 Å². The van der Waals surface area contributed by atoms with E-state index < -0.39 is 11.7 Å². The minimum Gasteiger partial charge on any atom is -0.314 e. The van der Waals surface area contributed by atoms with Crippen molar-refractivity contribution in [3.63, 3.8) is 0 Å². The van der Waals surface area contributed by atoms with Crippen molar-refractivity contribution in [3.8, 4) is 0 Å². The molecule has 2 rings (SSSR count). The second-order valence-electron chi connectivity index (χ2n) is 5.88. The molecule has 1 aromatic rings. The molecule has 0 amide bonds. The maximum atomic E-state index is 12.8. The largest absolute Gasteiger partial charge is 0.416 e. The van der Waals surface area contributed by atoms with Gasteiger partial charge in [0.1, 0.15) is 0 Å². The van der Waals surface area contributed by atoms with Crippen molar-refractivity contribution in [1.29, 1.82) is 0 Å². The molecule has 1 aliphatic rings. The third-order valence-corrected chi connectivity index (χ3v) is 4.89. The Morgan fingerprint density at radius 2 is 2.00 bits per heavy atom. The summed E-state index contributed by atoms with van der Waals surface area (Å²) in [6, 6.07) is 6.22. The van der Waals surface area contributed by atoms with E-state index in [4.69, 9.17) is 0 Å². The van der Waals surface area contributed by atoms with Crippen LogP contribution in [0.2, 0.25) is 0 Å². The molecule has 1 saturated carbocycles. The van der Waals surface area contributed by atoms with Crippen LogP contribution in [0.4, 0.5) is 13.2 Å². The Bertz CT molecular complexity index is 469. The van der Waals surface area contributed by atoms with Crippen LogP contribution in [0.15, 0.2) is 24.3 Å². The summed E-state index contributed by atoms with van der Waals surface area (Å²) in [5.74, 6) is 0.207. The zero-order chi connectivity index (χ0) is 15.0. The number of halogens is 3. The fourth-order valence-electron chi connectivity index (χ4n) is 3.36. The third-order valence-electron chi connectivity index (χ3n) is 4.89. The molecule has 4 heteroatoms. The van der Waals surface area contributed by atoms with Gasteiger partial charge in [0.15, 0.2) is 0 Å². The SMILES string of the molecule is CCNC1CC(c2cccc(C(F)(F)F)c2)C1(C)CC. The van der Waals surface area contributed by atoms with Gasteiger partial charge < -0.3 is 5.32 Å². The van der Waals surface area contributed by atoms with Crippen LogP contribution >= 0.6 is 0 Å². The molecule has 3 atom stereocenters. The number of nitrogens with one attached hydrogen (secondary N) is 1. The van der Waals surface area contributed by atoms with Crippen molar-refractivity contribution in [2.24, 2.45) is 5.41 Å². The van der Waals surface area contributed by atoms with Crippen LogP contribution in [0.25, 0.3) is 0 Å². The summed E-state index contributed by atoms with van der Waals surface area (Å²) in [4.78, 5) is 0. The first-order valence-corrected chi connectivity index (χ1v) is 7.23. The quantitative estimate of drug-likeness (QED) is 0.853. The molecule has 20 heavy (non-hydrogen) atoms. The van der Waals surface area contributed by atoms with Gasteiger partial charge in [0, 0.05) is 6.04 Å². The maximum Gasteiger partial charge on any atom is 0.416 e. The van der Waals surface area contributed by atoms with Gasteiger partial charge in [-0.1, -0.05) is 39.0 Å². The van der Waals surface area contributed by atoms with Gasteiger partial charge >= 0.3 is 6.18 Å². The van der Waals surface area contributed by atoms with E-state index in [2.05, 4.69) is 26.1 Å². The molecular weight excluding hydrogens is 263 g/mol. The molecule has 1 aliphatic carbocycles. The number of hydrogen-bond acceptors (Lipinski definition) is 1. The smallest absolute Gasteiger partial charge is 0.314 e. The molecule has 1 aromatic carbocycles. The van der Waals surface area contributed by atoms with Crippen LogP contribution in [0.5, 0.6) is 0 Å². The number of alkyl halides is 3. The predicted octanol–water partition coefficient (Wildman–Crippen LogP) is 4.59. The molecule has 1 nitrogen and oxygen atoms in total. The zero-order valence-electron chi connectivity index (χ0n) is 12.2. The molecule has 0 bridgehead atoms. The van der Waals surface area contributed by atoms with Gasteiger partial charge in [-0.05, 0) is 42.3 Å². The standard InChI is InChI=1S/C16H22F3N/c1-4-15(3)13(10-14(15)20-5-2)11-7-6-8-12(9-11)16(17,18)19/h6-9,13-14,20H,4-5,10H2,1-3H3. The van der Waals surface area contributed by atoms with Gasteiger partial charge in [0.25, 0.3) is 0 Å². The molecule has 112 valence electrons. The van der Waals surface area contributed by atoms with Gasteiger partial charge in [-0.25, -0.2) is 0 Å². The summed E-state index contributed by atoms with van der Waals surface area (Å²) in [6.45, 7) is 7.25. The van der Waals surface area contributed by atoms with Crippen LogP contribution in [0.3, 0.4) is 0 Å². The molecular formula is C16H22F3N. The molecule has 0 aliphatic heterocycles. The van der Waals surface area contributed by atoms with E-state index in [9.17, 15) is 13.2 Å². The Kier molecular flexibility index (Phi) is 4.14. The van der Waals surface area contributed by atoms with Crippen molar-refractivity contribution in [3.05, 3.63) is 35.4 Å². The van der Waals surface area contributed by atoms with E-state index in [1.807, 2.05) is 6.07 Å². The molecule has 0 spiro atoms. The molecule has 1 N–H and O–H groups in total. The second kappa shape index (κ2) is 5.40. The minimum absolute atomic E-state index is 0.0419. The minimum atomic E-state index is -4.26. The molecule has 0 saturated heterocycles. The maximum absolute atomic E-state index is 12.8. The van der Waals surface area contributed by atoms with Gasteiger partial charge in [0.05, 0.1) is 5.56 Å². The average Bonchev–Trinajstić information content (AvgIpc) is 2.41. The van der Waals surface area contributed by atoms with Crippen molar-refractivity contribution < 1.29 is 13.2 Å². The first-order chi connectivity index (χ1) is 9.32. The Balaban J connectivity index is 2.25. The highest BCUT2D eigenvalue weighted by molar-refractivity contribution is 5.33. The van der Waals surface area contributed by atoms with E-state index in [1.165, 1.54) is 12.1 Å². The highest BCUT2D eigenvalue weighted by atomic mass is 19.4. The predicted molar refractivity (Wildman–Crippen MR) is 74.7 cm³/mol. The summed E-state index contributed by atoms with van der Waals surface area (Å²) in [6.07, 6.45) is -2.38. The lowest BCUT2D eigenvalue weighted by atomic mass is 9.54. The lowest BCUT2D eigenvalue weighted by Crippen LogP contribution is -2.56. The van der Waals surface area contributed by atoms with Crippen LogP contribution in [-0.4, -0.2) is 12.6 Å². The summed E-state index contributed by atoms with van der Waals surface area (Å²) in [7, 11) is 0. The fourth-order valence-corrected chi connectivity index (χ4v) is 3.36. The topological polar surface area (TPSA) is 12.0 Å². The summed E-state index contributed by atoms with van der Waals surface area (Å²) in [5.41, 5.74) is 0.318. The van der Waals surface area contributed by atoms with E-state index in [0.29, 0.717) is 6.04 Å². The van der Waals surface area contributed by atoms with E-state index >= 15 is 0 Å². The van der Waals surface area contributed by atoms with Gasteiger partial charge in [-0.3, -0.25) is 0 Å². The van der Waals surface area contributed by atoms with Crippen molar-refractivity contribution in [2.45, 2.75) is 51.7 Å². The Labute approximate surface area is 118 Å². The van der Waals surface area contributed by atoms with Crippen molar-refractivity contribution >= 4 is 0 Å². The third kappa shape index (κ3) is 2.58. The van der Waals surface area contributed by atoms with Crippen LogP contribution in [0.1, 0.15) is 50.7 Å². The molecule has 3 unspecified atom stereocenters. The Morgan fingerprint density at radius 3 is 2.55 bits per heavy atom. The van der Waals surface area contributed by atoms with Crippen LogP contribution < -0.4 is 5.32 Å². The number of benzene rings is 1. The first kappa shape index (κ1) is 15.4. The monoisotopic (exact) mass is 285 g/mol. The van der Waals surface area contributed by atoms with E-state index in [1.54, 1.807) is 0 Å². The average molecular weight is 285 g/mol. The fraction of sp³-hybridized carbons (Fsp3) is 0.625. The first-order valence-electron chi connectivity index (χ1n) is 7.23. The summed E-state index contributed by atoms with van der Waals surface area (Å²) >= 11 is 0. The van der Waals surface area contributed by atoms with Gasteiger partial charge in [-0.15, -0.1) is 0 Å². The highest BCUT2D eigenvalue weighted by Crippen LogP contribution is 2.55. The van der Waals surface area contributed by atoms with Crippen molar-refractivity contribution in [1.82, 2.24) is 5.32 Å². The van der Waals surface area contributed by atoms with Crippen LogP contribution in [0, 0.1) is 5.41 Å². The second-order valence-corrected chi connectivity index (χ2v) is 5.88. The highest BCUT2D eigenvalue weighted by Gasteiger charge is 2.50. The molecule has 1 fully saturated rings. The number of rotatable bonds is 4. The summed E-state index contributed by atoms with van der Waals surface area (Å²) in [5, 5.41) is 3.45. The normalized spacial score (nSPS) is 30.1. The van der Waals surface area contributed by atoms with E-state index in [-0.39, 0.29) is 11.3 Å². The van der Waals surface area contributed by atoms with Crippen LogP contribution in [-0.2, 0) is 6.18 Å². The molecule has 0 heterocycles.